The number of imidazole rings is 1. The number of halogens is 1. The van der Waals surface area contributed by atoms with Gasteiger partial charge in [-0.05, 0) is 54.8 Å². The van der Waals surface area contributed by atoms with E-state index >= 15 is 0 Å². The zero-order chi connectivity index (χ0) is 19.4. The van der Waals surface area contributed by atoms with Gasteiger partial charge in [-0.15, -0.1) is 0 Å². The summed E-state index contributed by atoms with van der Waals surface area (Å²) >= 11 is 1.35. The maximum Gasteiger partial charge on any atom is 0.362 e. The normalized spacial score (nSPS) is 10.5. The van der Waals surface area contributed by atoms with E-state index in [-0.39, 0.29) is 17.3 Å². The van der Waals surface area contributed by atoms with Crippen molar-refractivity contribution in [1.82, 2.24) is 9.55 Å². The van der Waals surface area contributed by atoms with Crippen LogP contribution in [0.3, 0.4) is 0 Å². The van der Waals surface area contributed by atoms with Crippen LogP contribution in [0.1, 0.15) is 20.8 Å². The van der Waals surface area contributed by atoms with E-state index in [0.717, 1.165) is 0 Å². The smallest absolute Gasteiger partial charge is 0.362 e. The highest BCUT2D eigenvalue weighted by atomic mass is 32.2. The molecule has 0 N–H and O–H groups in total. The van der Waals surface area contributed by atoms with Gasteiger partial charge in [0.2, 0.25) is 0 Å². The van der Waals surface area contributed by atoms with E-state index in [4.69, 9.17) is 4.74 Å². The summed E-state index contributed by atoms with van der Waals surface area (Å²) in [6, 6.07) is 11.7. The number of ether oxygens (including phenoxy) is 2. The fourth-order valence-corrected chi connectivity index (χ4v) is 2.94. The summed E-state index contributed by atoms with van der Waals surface area (Å²) in [5.41, 5.74) is 1.13. The Morgan fingerprint density at radius 3 is 2.30 bits per heavy atom. The second-order valence-electron chi connectivity index (χ2n) is 5.35. The molecule has 0 amide bonds. The highest BCUT2D eigenvalue weighted by molar-refractivity contribution is 7.98. The number of thioether (sulfide) groups is 1. The van der Waals surface area contributed by atoms with Gasteiger partial charge in [0.05, 0.1) is 18.9 Å². The van der Waals surface area contributed by atoms with Crippen LogP contribution < -0.4 is 4.74 Å². The molecule has 27 heavy (non-hydrogen) atoms. The van der Waals surface area contributed by atoms with Gasteiger partial charge in [-0.2, -0.15) is 0 Å². The Kier molecular flexibility index (Phi) is 5.56. The van der Waals surface area contributed by atoms with E-state index in [1.54, 1.807) is 16.7 Å². The molecule has 2 aromatic carbocycles. The summed E-state index contributed by atoms with van der Waals surface area (Å²) in [6.07, 6.45) is 3.23. The molecule has 1 heterocycles. The molecule has 138 valence electrons. The van der Waals surface area contributed by atoms with Gasteiger partial charge in [-0.3, -0.25) is 4.57 Å². The molecule has 1 aromatic heterocycles. The molecular formula is C19H15FN2O4S. The fraction of sp³-hybridized carbons (Fsp3) is 0.105. The van der Waals surface area contributed by atoms with Crippen molar-refractivity contribution in [3.63, 3.8) is 0 Å². The lowest BCUT2D eigenvalue weighted by Gasteiger charge is -2.11. The fourth-order valence-electron chi connectivity index (χ4n) is 2.40. The summed E-state index contributed by atoms with van der Waals surface area (Å²) in [6.45, 7) is 0. The first-order valence-corrected chi connectivity index (χ1v) is 9.04. The van der Waals surface area contributed by atoms with Crippen molar-refractivity contribution in [2.45, 2.75) is 5.16 Å². The van der Waals surface area contributed by atoms with Gasteiger partial charge in [0, 0.05) is 5.69 Å². The molecule has 0 bridgehead atoms. The number of hydrogen-bond acceptors (Lipinski definition) is 6. The monoisotopic (exact) mass is 386 g/mol. The minimum absolute atomic E-state index is 0.197. The lowest BCUT2D eigenvalue weighted by atomic mass is 10.2. The first-order valence-electron chi connectivity index (χ1n) is 7.81. The number of aromatic nitrogens is 2. The third kappa shape index (κ3) is 4.01. The zero-order valence-electron chi connectivity index (χ0n) is 14.5. The van der Waals surface area contributed by atoms with Gasteiger partial charge < -0.3 is 9.47 Å². The highest BCUT2D eigenvalue weighted by Gasteiger charge is 2.20. The number of rotatable bonds is 5. The Bertz CT molecular complexity index is 968. The van der Waals surface area contributed by atoms with E-state index < -0.39 is 11.9 Å². The quantitative estimate of drug-likeness (QED) is 0.378. The molecule has 0 saturated carbocycles. The van der Waals surface area contributed by atoms with Crippen LogP contribution >= 0.6 is 11.8 Å². The summed E-state index contributed by atoms with van der Waals surface area (Å²) in [5, 5.41) is 0.564. The van der Waals surface area contributed by atoms with Crippen molar-refractivity contribution in [2.24, 2.45) is 0 Å². The van der Waals surface area contributed by atoms with Crippen molar-refractivity contribution in [2.75, 3.05) is 13.4 Å². The molecule has 0 spiro atoms. The van der Waals surface area contributed by atoms with E-state index in [9.17, 15) is 14.0 Å². The molecule has 0 saturated heterocycles. The van der Waals surface area contributed by atoms with Crippen LogP contribution in [-0.4, -0.2) is 34.9 Å². The van der Waals surface area contributed by atoms with Crippen LogP contribution in [0.15, 0.2) is 59.9 Å². The molecule has 0 aliphatic carbocycles. The van der Waals surface area contributed by atoms with Crippen LogP contribution in [0.25, 0.3) is 5.69 Å². The Labute approximate surface area is 158 Å². The summed E-state index contributed by atoms with van der Waals surface area (Å²) in [5.74, 6) is -1.21. The molecule has 0 unspecified atom stereocenters. The molecular weight excluding hydrogens is 371 g/mol. The van der Waals surface area contributed by atoms with E-state index in [1.807, 2.05) is 6.26 Å². The van der Waals surface area contributed by atoms with Crippen LogP contribution in [0.4, 0.5) is 4.39 Å². The van der Waals surface area contributed by atoms with E-state index in [2.05, 4.69) is 9.72 Å². The number of methoxy groups -OCH3 is 1. The first-order chi connectivity index (χ1) is 13.0. The van der Waals surface area contributed by atoms with Gasteiger partial charge in [0.1, 0.15) is 11.6 Å². The largest absolute Gasteiger partial charge is 0.465 e. The minimum Gasteiger partial charge on any atom is -0.465 e. The number of carbonyl (C=O) groups is 2. The summed E-state index contributed by atoms with van der Waals surface area (Å²) in [4.78, 5) is 28.3. The third-order valence-electron chi connectivity index (χ3n) is 3.69. The van der Waals surface area contributed by atoms with Gasteiger partial charge in [0.15, 0.2) is 10.9 Å². The van der Waals surface area contributed by atoms with Gasteiger partial charge in [0.25, 0.3) is 0 Å². The van der Waals surface area contributed by atoms with Crippen molar-refractivity contribution >= 4 is 23.7 Å². The van der Waals surface area contributed by atoms with Crippen LogP contribution in [0, 0.1) is 5.82 Å². The molecule has 0 atom stereocenters. The molecule has 0 aliphatic heterocycles. The van der Waals surface area contributed by atoms with Crippen molar-refractivity contribution in [3.05, 3.63) is 71.8 Å². The highest BCUT2D eigenvalue weighted by Crippen LogP contribution is 2.23. The average Bonchev–Trinajstić information content (AvgIpc) is 3.13. The molecule has 6 nitrogen and oxygen atoms in total. The number of carbonyl (C=O) groups excluding carboxylic acids is 2. The zero-order valence-corrected chi connectivity index (χ0v) is 15.3. The summed E-state index contributed by atoms with van der Waals surface area (Å²) in [7, 11) is 1.29. The van der Waals surface area contributed by atoms with Gasteiger partial charge >= 0.3 is 11.9 Å². The van der Waals surface area contributed by atoms with Gasteiger partial charge in [-0.25, -0.2) is 19.0 Å². The van der Waals surface area contributed by atoms with Crippen LogP contribution in [-0.2, 0) is 4.74 Å². The van der Waals surface area contributed by atoms with Gasteiger partial charge in [-0.1, -0.05) is 11.8 Å². The Morgan fingerprint density at radius 1 is 1.04 bits per heavy atom. The third-order valence-corrected chi connectivity index (χ3v) is 4.35. The predicted molar refractivity (Wildman–Crippen MR) is 98.0 cm³/mol. The lowest BCUT2D eigenvalue weighted by molar-refractivity contribution is 0.0600. The van der Waals surface area contributed by atoms with Crippen molar-refractivity contribution in [3.8, 4) is 11.4 Å². The van der Waals surface area contributed by atoms with E-state index in [0.29, 0.717) is 16.4 Å². The average molecular weight is 386 g/mol. The maximum absolute atomic E-state index is 13.2. The van der Waals surface area contributed by atoms with Crippen molar-refractivity contribution in [1.29, 1.82) is 0 Å². The van der Waals surface area contributed by atoms with Crippen LogP contribution in [0.2, 0.25) is 0 Å². The molecule has 0 aliphatic rings. The Balaban J connectivity index is 1.88. The molecule has 3 rings (SSSR count). The Morgan fingerprint density at radius 2 is 1.70 bits per heavy atom. The second-order valence-corrected chi connectivity index (χ2v) is 6.12. The lowest BCUT2D eigenvalue weighted by Crippen LogP contribution is -2.14. The topological polar surface area (TPSA) is 70.4 Å². The van der Waals surface area contributed by atoms with Crippen LogP contribution in [0.5, 0.6) is 5.75 Å². The van der Waals surface area contributed by atoms with E-state index in [1.165, 1.54) is 61.5 Å². The molecule has 3 aromatic rings. The van der Waals surface area contributed by atoms with Crippen molar-refractivity contribution < 1.29 is 23.5 Å². The number of benzene rings is 2. The second kappa shape index (κ2) is 8.05. The standard InChI is InChI=1S/C19H15FN2O4S/c1-25-17(23)12-3-9-15(10-4-12)26-18(24)16-11-21-19(27-2)22(16)14-7-5-13(20)6-8-14/h3-11H,1-2H3. The minimum atomic E-state index is -0.627. The molecule has 0 radical (unpaired) electrons. The number of nitrogens with zero attached hydrogens (tertiary/aromatic N) is 2. The maximum atomic E-state index is 13.2. The number of hydrogen-bond donors (Lipinski definition) is 0. The summed E-state index contributed by atoms with van der Waals surface area (Å²) < 4.78 is 24.8. The number of esters is 2. The predicted octanol–water partition coefficient (Wildman–Crippen LogP) is 3.74. The SMILES string of the molecule is COC(=O)c1ccc(OC(=O)c2cnc(SC)n2-c2ccc(F)cc2)cc1. The first kappa shape index (κ1) is 18.7. The molecule has 0 fully saturated rings. The Hall–Kier alpha value is -3.13. The molecule has 8 heteroatoms.